The molecule has 35 heavy (non-hydrogen) atoms. The molecule has 2 aromatic carbocycles. The average molecular weight is 623 g/mol. The standard InChI is InChI=1S/C22H21F7INO4/c1-33-16-7-5-4-6-14(16)12-31(19(32)20(23,24)21(25,26)22(27,28)29)9-8-13-10-18(35-3)15(30)11-17(13)34-2/h4-7,10-11H,8-9,12H2,1-3H3. The van der Waals surface area contributed by atoms with E-state index in [0.29, 0.717) is 14.9 Å². The number of rotatable bonds is 10. The van der Waals surface area contributed by atoms with Gasteiger partial charge in [0.2, 0.25) is 0 Å². The molecule has 194 valence electrons. The smallest absolute Gasteiger partial charge is 0.460 e. The number of hydrogen-bond donors (Lipinski definition) is 0. The van der Waals surface area contributed by atoms with Gasteiger partial charge >= 0.3 is 18.0 Å². The summed E-state index contributed by atoms with van der Waals surface area (Å²) in [7, 11) is 3.96. The fourth-order valence-electron chi connectivity index (χ4n) is 3.18. The molecule has 0 heterocycles. The molecule has 0 aliphatic carbocycles. The molecule has 0 aliphatic rings. The highest BCUT2D eigenvalue weighted by atomic mass is 127. The summed E-state index contributed by atoms with van der Waals surface area (Å²) in [4.78, 5) is 12.8. The molecule has 0 saturated carbocycles. The quantitative estimate of drug-likeness (QED) is 0.251. The Labute approximate surface area is 210 Å². The summed E-state index contributed by atoms with van der Waals surface area (Å²) in [6, 6.07) is 8.85. The van der Waals surface area contributed by atoms with Crippen LogP contribution in [-0.4, -0.2) is 56.7 Å². The van der Waals surface area contributed by atoms with Gasteiger partial charge in [0, 0.05) is 18.7 Å². The molecule has 0 N–H and O–H groups in total. The van der Waals surface area contributed by atoms with Crippen LogP contribution < -0.4 is 14.2 Å². The van der Waals surface area contributed by atoms with E-state index in [9.17, 15) is 35.5 Å². The molecule has 1 amide bonds. The maximum Gasteiger partial charge on any atom is 0.460 e. The van der Waals surface area contributed by atoms with Gasteiger partial charge in [-0.2, -0.15) is 30.7 Å². The first-order valence-electron chi connectivity index (χ1n) is 9.85. The second-order valence-corrected chi connectivity index (χ2v) is 8.40. The van der Waals surface area contributed by atoms with Crippen LogP contribution in [0.5, 0.6) is 17.2 Å². The summed E-state index contributed by atoms with van der Waals surface area (Å²) in [5.74, 6) is -14.5. The number of carbonyl (C=O) groups excluding carboxylic acids is 1. The Morgan fingerprint density at radius 3 is 1.97 bits per heavy atom. The SMILES string of the molecule is COc1cc(CCN(Cc2ccccc2OC)C(=O)C(F)(F)C(F)(F)C(F)(F)F)c(OC)cc1I. The Bertz CT molecular complexity index is 1050. The van der Waals surface area contributed by atoms with Crippen molar-refractivity contribution in [1.82, 2.24) is 4.90 Å². The molecule has 5 nitrogen and oxygen atoms in total. The van der Waals surface area contributed by atoms with Crippen molar-refractivity contribution in [3.63, 3.8) is 0 Å². The zero-order valence-corrected chi connectivity index (χ0v) is 20.8. The van der Waals surface area contributed by atoms with E-state index < -0.39 is 37.0 Å². The van der Waals surface area contributed by atoms with Crippen molar-refractivity contribution < 1.29 is 49.7 Å². The van der Waals surface area contributed by atoms with Gasteiger partial charge in [0.25, 0.3) is 5.91 Å². The number of hydrogen-bond acceptors (Lipinski definition) is 4. The van der Waals surface area contributed by atoms with Crippen LogP contribution in [0.15, 0.2) is 36.4 Å². The molecule has 13 heteroatoms. The normalized spacial score (nSPS) is 12.3. The average Bonchev–Trinajstić information content (AvgIpc) is 2.80. The van der Waals surface area contributed by atoms with Crippen LogP contribution in [0.3, 0.4) is 0 Å². The molecule has 0 aromatic heterocycles. The Balaban J connectivity index is 2.48. The molecule has 0 aliphatic heterocycles. The van der Waals surface area contributed by atoms with Crippen molar-refractivity contribution in [3.05, 3.63) is 51.1 Å². The first kappa shape index (κ1) is 28.8. The van der Waals surface area contributed by atoms with Gasteiger partial charge in [-0.25, -0.2) is 0 Å². The van der Waals surface area contributed by atoms with Crippen molar-refractivity contribution in [2.75, 3.05) is 27.9 Å². The first-order chi connectivity index (χ1) is 16.2. The van der Waals surface area contributed by atoms with Crippen LogP contribution in [0, 0.1) is 3.57 Å². The minimum absolute atomic E-state index is 0.127. The third-order valence-corrected chi connectivity index (χ3v) is 5.91. The number of benzene rings is 2. The number of carbonyl (C=O) groups is 1. The van der Waals surface area contributed by atoms with Crippen LogP contribution >= 0.6 is 22.6 Å². The van der Waals surface area contributed by atoms with Gasteiger partial charge in [-0.15, -0.1) is 0 Å². The van der Waals surface area contributed by atoms with E-state index in [4.69, 9.17) is 14.2 Å². The van der Waals surface area contributed by atoms with Crippen LogP contribution in [0.25, 0.3) is 0 Å². The minimum atomic E-state index is -6.64. The summed E-state index contributed by atoms with van der Waals surface area (Å²) >= 11 is 1.96. The number of para-hydroxylation sites is 1. The third-order valence-electron chi connectivity index (χ3n) is 5.07. The van der Waals surface area contributed by atoms with E-state index in [-0.39, 0.29) is 28.4 Å². The van der Waals surface area contributed by atoms with Crippen molar-refractivity contribution in [2.45, 2.75) is 31.0 Å². The monoisotopic (exact) mass is 623 g/mol. The van der Waals surface area contributed by atoms with Gasteiger partial charge in [0.05, 0.1) is 24.9 Å². The Morgan fingerprint density at radius 1 is 0.857 bits per heavy atom. The van der Waals surface area contributed by atoms with Gasteiger partial charge in [0.15, 0.2) is 0 Å². The fraction of sp³-hybridized carbons (Fsp3) is 0.409. The number of nitrogens with zero attached hydrogens (tertiary/aromatic N) is 1. The molecular formula is C22H21F7INO4. The summed E-state index contributed by atoms with van der Waals surface area (Å²) in [5.41, 5.74) is 0.482. The summed E-state index contributed by atoms with van der Waals surface area (Å²) < 4.78 is 110. The van der Waals surface area contributed by atoms with Gasteiger partial charge in [0.1, 0.15) is 17.2 Å². The van der Waals surface area contributed by atoms with Crippen LogP contribution in [-0.2, 0) is 17.8 Å². The van der Waals surface area contributed by atoms with E-state index in [2.05, 4.69) is 0 Å². The van der Waals surface area contributed by atoms with Gasteiger partial charge in [-0.1, -0.05) is 18.2 Å². The number of halogens is 8. The molecule has 0 spiro atoms. The van der Waals surface area contributed by atoms with Gasteiger partial charge in [-0.05, 0) is 52.8 Å². The summed E-state index contributed by atoms with van der Waals surface area (Å²) in [6.07, 6.45) is -6.86. The molecule has 0 bridgehead atoms. The first-order valence-corrected chi connectivity index (χ1v) is 10.9. The minimum Gasteiger partial charge on any atom is -0.496 e. The predicted octanol–water partition coefficient (Wildman–Crippen LogP) is 5.72. The molecule has 0 fully saturated rings. The van der Waals surface area contributed by atoms with E-state index in [1.165, 1.54) is 51.7 Å². The van der Waals surface area contributed by atoms with Crippen molar-refractivity contribution >= 4 is 28.5 Å². The highest BCUT2D eigenvalue weighted by molar-refractivity contribution is 14.1. The number of ether oxygens (including phenoxy) is 3. The lowest BCUT2D eigenvalue weighted by molar-refractivity contribution is -0.346. The molecule has 0 unspecified atom stereocenters. The Hall–Kier alpha value is -2.45. The van der Waals surface area contributed by atoms with Crippen molar-refractivity contribution in [2.24, 2.45) is 0 Å². The molecule has 0 radical (unpaired) electrons. The lowest BCUT2D eigenvalue weighted by Gasteiger charge is -2.32. The Kier molecular flexibility index (Phi) is 9.11. The highest BCUT2D eigenvalue weighted by Crippen LogP contribution is 2.47. The third kappa shape index (κ3) is 6.04. The number of methoxy groups -OCH3 is 3. The molecular weight excluding hydrogens is 602 g/mol. The maximum atomic E-state index is 14.3. The van der Waals surface area contributed by atoms with Crippen molar-refractivity contribution in [3.8, 4) is 17.2 Å². The van der Waals surface area contributed by atoms with Crippen molar-refractivity contribution in [1.29, 1.82) is 0 Å². The van der Waals surface area contributed by atoms with Gasteiger partial charge < -0.3 is 19.1 Å². The topological polar surface area (TPSA) is 48.0 Å². The zero-order valence-electron chi connectivity index (χ0n) is 18.7. The Morgan fingerprint density at radius 2 is 1.43 bits per heavy atom. The number of alkyl halides is 7. The second-order valence-electron chi connectivity index (χ2n) is 7.23. The highest BCUT2D eigenvalue weighted by Gasteiger charge is 2.76. The summed E-state index contributed by atoms with van der Waals surface area (Å²) in [6.45, 7) is -1.35. The van der Waals surface area contributed by atoms with Gasteiger partial charge in [-0.3, -0.25) is 4.79 Å². The maximum absolute atomic E-state index is 14.3. The van der Waals surface area contributed by atoms with E-state index in [1.54, 1.807) is 6.07 Å². The van der Waals surface area contributed by atoms with E-state index in [0.717, 1.165) is 0 Å². The summed E-state index contributed by atoms with van der Waals surface area (Å²) in [5, 5.41) is 0. The lowest BCUT2D eigenvalue weighted by atomic mass is 10.1. The molecule has 2 aromatic rings. The largest absolute Gasteiger partial charge is 0.496 e. The lowest BCUT2D eigenvalue weighted by Crippen LogP contribution is -2.60. The van der Waals surface area contributed by atoms with Crippen LogP contribution in [0.2, 0.25) is 0 Å². The van der Waals surface area contributed by atoms with E-state index in [1.807, 2.05) is 22.6 Å². The van der Waals surface area contributed by atoms with Crippen LogP contribution in [0.4, 0.5) is 30.7 Å². The second kappa shape index (κ2) is 11.1. The van der Waals surface area contributed by atoms with E-state index >= 15 is 0 Å². The molecule has 0 atom stereocenters. The molecule has 0 saturated heterocycles. The van der Waals surface area contributed by atoms with Crippen LogP contribution in [0.1, 0.15) is 11.1 Å². The fourth-order valence-corrected chi connectivity index (χ4v) is 3.84. The predicted molar refractivity (Wildman–Crippen MR) is 120 cm³/mol. The zero-order chi connectivity index (χ0) is 26.6. The molecule has 2 rings (SSSR count). The number of amides is 1.